The summed E-state index contributed by atoms with van der Waals surface area (Å²) >= 11 is 2.22. The van der Waals surface area contributed by atoms with Gasteiger partial charge in [0.1, 0.15) is 6.04 Å². The number of amides is 1. The molecule has 1 N–H and O–H groups in total. The molecule has 0 aliphatic carbocycles. The number of piperidine rings is 1. The molecule has 2 atom stereocenters. The monoisotopic (exact) mass is 238 g/mol. The van der Waals surface area contributed by atoms with E-state index in [2.05, 4.69) is 31.3 Å². The van der Waals surface area contributed by atoms with Crippen molar-refractivity contribution in [2.24, 2.45) is 0 Å². The predicted molar refractivity (Wildman–Crippen MR) is 41.1 cm³/mol. The van der Waals surface area contributed by atoms with E-state index in [0.29, 0.717) is 6.04 Å². The highest BCUT2D eigenvalue weighted by Crippen LogP contribution is 2.32. The van der Waals surface area contributed by atoms with Crippen LogP contribution in [-0.2, 0) is 4.79 Å². The number of hydrogen-bond acceptors (Lipinski definition) is 2. The molecule has 0 aromatic rings. The maximum Gasteiger partial charge on any atom is 0.238 e. The average Bonchev–Trinajstić information content (AvgIpc) is 1.86. The molecule has 0 spiro atoms. The van der Waals surface area contributed by atoms with Gasteiger partial charge in [-0.3, -0.25) is 4.79 Å². The van der Waals surface area contributed by atoms with E-state index >= 15 is 0 Å². The van der Waals surface area contributed by atoms with Crippen molar-refractivity contribution in [2.75, 3.05) is 6.54 Å². The highest BCUT2D eigenvalue weighted by molar-refractivity contribution is 14.1. The molecule has 50 valence electrons. The van der Waals surface area contributed by atoms with E-state index in [9.17, 15) is 4.79 Å². The first-order valence-corrected chi connectivity index (χ1v) is 3.97. The van der Waals surface area contributed by atoms with Gasteiger partial charge in [-0.2, -0.15) is 0 Å². The van der Waals surface area contributed by atoms with Crippen molar-refractivity contribution in [1.82, 2.24) is 8.43 Å². The summed E-state index contributed by atoms with van der Waals surface area (Å²) < 4.78 is 2.11. The van der Waals surface area contributed by atoms with Gasteiger partial charge in [-0.1, -0.05) is 0 Å². The summed E-state index contributed by atoms with van der Waals surface area (Å²) in [6.07, 6.45) is 1.06. The van der Waals surface area contributed by atoms with Crippen molar-refractivity contribution in [2.45, 2.75) is 18.5 Å². The molecule has 0 radical (unpaired) electrons. The SMILES string of the molecule is O=C1NCC2CC1N2I. The van der Waals surface area contributed by atoms with Gasteiger partial charge in [-0.25, -0.2) is 3.11 Å². The summed E-state index contributed by atoms with van der Waals surface area (Å²) in [5.41, 5.74) is 0. The zero-order valence-electron chi connectivity index (χ0n) is 4.80. The lowest BCUT2D eigenvalue weighted by Gasteiger charge is -2.47. The number of halogens is 1. The van der Waals surface area contributed by atoms with E-state index in [1.807, 2.05) is 0 Å². The standard InChI is InChI=1S/C5H7IN2O/c6-8-3-1-4(8)5(9)7-2-3/h3-4H,1-2H2,(H,7,9). The molecule has 3 rings (SSSR count). The van der Waals surface area contributed by atoms with Crippen molar-refractivity contribution in [3.63, 3.8) is 0 Å². The Balaban J connectivity index is 2.14. The number of hydrogen-bond donors (Lipinski definition) is 1. The van der Waals surface area contributed by atoms with Crippen molar-refractivity contribution < 1.29 is 4.79 Å². The van der Waals surface area contributed by atoms with Crippen LogP contribution in [0.5, 0.6) is 0 Å². The minimum atomic E-state index is 0.185. The van der Waals surface area contributed by atoms with Crippen molar-refractivity contribution >= 4 is 28.8 Å². The molecule has 1 amide bonds. The van der Waals surface area contributed by atoms with Crippen LogP contribution in [-0.4, -0.2) is 27.6 Å². The summed E-state index contributed by atoms with van der Waals surface area (Å²) in [6, 6.07) is 0.803. The first kappa shape index (κ1) is 5.91. The molecule has 3 heterocycles. The van der Waals surface area contributed by atoms with Crippen LogP contribution in [0, 0.1) is 0 Å². The van der Waals surface area contributed by atoms with Crippen LogP contribution in [0.4, 0.5) is 0 Å². The second kappa shape index (κ2) is 1.82. The molecule has 3 aliphatic heterocycles. The summed E-state index contributed by atoms with van der Waals surface area (Å²) in [5.74, 6) is 0.201. The quantitative estimate of drug-likeness (QED) is 0.472. The molecule has 3 fully saturated rings. The predicted octanol–water partition coefficient (Wildman–Crippen LogP) is -0.0909. The topological polar surface area (TPSA) is 32.3 Å². The third-order valence-electron chi connectivity index (χ3n) is 1.96. The molecule has 0 aromatic heterocycles. The molecule has 4 heteroatoms. The van der Waals surface area contributed by atoms with E-state index in [1.54, 1.807) is 0 Å². The molecule has 3 aliphatic rings. The van der Waals surface area contributed by atoms with E-state index in [1.165, 1.54) is 0 Å². The number of carbonyl (C=O) groups excluding carboxylic acids is 1. The van der Waals surface area contributed by atoms with Crippen LogP contribution in [0.1, 0.15) is 6.42 Å². The lowest BCUT2D eigenvalue weighted by Crippen LogP contribution is -2.66. The largest absolute Gasteiger partial charge is 0.353 e. The normalized spacial score (nSPS) is 41.7. The summed E-state index contributed by atoms with van der Waals surface area (Å²) in [4.78, 5) is 10.9. The molecule has 0 saturated carbocycles. The second-order valence-electron chi connectivity index (χ2n) is 2.49. The number of rotatable bonds is 0. The van der Waals surface area contributed by atoms with Gasteiger partial charge in [0.25, 0.3) is 0 Å². The lowest BCUT2D eigenvalue weighted by molar-refractivity contribution is -0.133. The smallest absolute Gasteiger partial charge is 0.238 e. The summed E-state index contributed by atoms with van der Waals surface area (Å²) in [5, 5.41) is 2.83. The van der Waals surface area contributed by atoms with Gasteiger partial charge in [0, 0.05) is 35.5 Å². The van der Waals surface area contributed by atoms with Gasteiger partial charge in [0.15, 0.2) is 0 Å². The van der Waals surface area contributed by atoms with Crippen LogP contribution in [0.3, 0.4) is 0 Å². The van der Waals surface area contributed by atoms with Gasteiger partial charge in [-0.15, -0.1) is 0 Å². The van der Waals surface area contributed by atoms with Gasteiger partial charge in [-0.05, 0) is 6.42 Å². The van der Waals surface area contributed by atoms with Gasteiger partial charge >= 0.3 is 0 Å². The average molecular weight is 238 g/mol. The highest BCUT2D eigenvalue weighted by Gasteiger charge is 2.45. The Bertz CT molecular complexity index is 159. The van der Waals surface area contributed by atoms with Crippen LogP contribution in [0.25, 0.3) is 0 Å². The van der Waals surface area contributed by atoms with Crippen molar-refractivity contribution in [3.05, 3.63) is 0 Å². The maximum atomic E-state index is 10.9. The molecule has 2 bridgehead atoms. The molecule has 3 saturated heterocycles. The molecule has 0 aromatic carbocycles. The number of nitrogens with one attached hydrogen (secondary N) is 1. The minimum Gasteiger partial charge on any atom is -0.353 e. The van der Waals surface area contributed by atoms with Gasteiger partial charge in [0.2, 0.25) is 5.91 Å². The molecular weight excluding hydrogens is 231 g/mol. The molecule has 3 nitrogen and oxygen atoms in total. The Morgan fingerprint density at radius 2 is 2.56 bits per heavy atom. The molecule has 9 heavy (non-hydrogen) atoms. The number of nitrogens with zero attached hydrogens (tertiary/aromatic N) is 1. The van der Waals surface area contributed by atoms with Gasteiger partial charge < -0.3 is 5.32 Å². The van der Waals surface area contributed by atoms with E-state index in [4.69, 9.17) is 0 Å². The highest BCUT2D eigenvalue weighted by atomic mass is 127. The Morgan fingerprint density at radius 3 is 2.89 bits per heavy atom. The van der Waals surface area contributed by atoms with E-state index in [-0.39, 0.29) is 11.9 Å². The number of carbonyl (C=O) groups is 1. The fourth-order valence-corrected chi connectivity index (χ4v) is 2.21. The first-order valence-electron chi connectivity index (χ1n) is 3.01. The Labute approximate surface area is 67.3 Å². The molecule has 2 unspecified atom stereocenters. The van der Waals surface area contributed by atoms with E-state index in [0.717, 1.165) is 13.0 Å². The van der Waals surface area contributed by atoms with Crippen LogP contribution >= 0.6 is 22.9 Å². The third kappa shape index (κ3) is 0.692. The third-order valence-corrected chi connectivity index (χ3v) is 3.42. The summed E-state index contributed by atoms with van der Waals surface area (Å²) in [6.45, 7) is 0.846. The Morgan fingerprint density at radius 1 is 1.78 bits per heavy atom. The van der Waals surface area contributed by atoms with Crippen molar-refractivity contribution in [3.8, 4) is 0 Å². The van der Waals surface area contributed by atoms with Crippen LogP contribution < -0.4 is 5.32 Å². The zero-order chi connectivity index (χ0) is 6.43. The Kier molecular flexibility index (Phi) is 1.19. The Hall–Kier alpha value is 0.160. The number of piperazine rings is 1. The molecular formula is C5H7IN2O. The zero-order valence-corrected chi connectivity index (χ0v) is 6.96. The fourth-order valence-electron chi connectivity index (χ4n) is 1.30. The van der Waals surface area contributed by atoms with Gasteiger partial charge in [0.05, 0.1) is 0 Å². The van der Waals surface area contributed by atoms with Crippen LogP contribution in [0.15, 0.2) is 0 Å². The lowest BCUT2D eigenvalue weighted by atomic mass is 9.92. The fraction of sp³-hybridized carbons (Fsp3) is 0.800. The minimum absolute atomic E-state index is 0.185. The second-order valence-corrected chi connectivity index (χ2v) is 3.61. The van der Waals surface area contributed by atoms with Crippen molar-refractivity contribution in [1.29, 1.82) is 0 Å². The summed E-state index contributed by atoms with van der Waals surface area (Å²) in [7, 11) is 0. The van der Waals surface area contributed by atoms with Crippen LogP contribution in [0.2, 0.25) is 0 Å². The van der Waals surface area contributed by atoms with E-state index < -0.39 is 0 Å². The number of fused-ring (bicyclic) bond motifs is 2. The maximum absolute atomic E-state index is 10.9. The first-order chi connectivity index (χ1) is 4.29.